The fraction of sp³-hybridized carbons (Fsp3) is 0.133. The second kappa shape index (κ2) is 5.06. The molecule has 0 radical (unpaired) electrons. The lowest BCUT2D eigenvalue weighted by molar-refractivity contribution is 0.0985. The summed E-state index contributed by atoms with van der Waals surface area (Å²) in [7, 11) is 1.90. The molecule has 20 heavy (non-hydrogen) atoms. The molecule has 1 aromatic carbocycles. The largest absolute Gasteiger partial charge is 0.331 e. The summed E-state index contributed by atoms with van der Waals surface area (Å²) >= 11 is 5.99. The number of carbonyl (C=O) groups excluding carboxylic acids is 1. The summed E-state index contributed by atoms with van der Waals surface area (Å²) in [6.45, 7) is 0. The van der Waals surface area contributed by atoms with Gasteiger partial charge in [0.25, 0.3) is 0 Å². The van der Waals surface area contributed by atoms with Gasteiger partial charge in [-0.1, -0.05) is 23.7 Å². The van der Waals surface area contributed by atoms with Crippen LogP contribution >= 0.6 is 11.6 Å². The van der Waals surface area contributed by atoms with Gasteiger partial charge in [-0.2, -0.15) is 0 Å². The van der Waals surface area contributed by atoms with Crippen LogP contribution in [0.2, 0.25) is 5.02 Å². The second-order valence-electron chi connectivity index (χ2n) is 4.51. The normalized spacial score (nSPS) is 10.9. The smallest absolute Gasteiger partial charge is 0.190 e. The molecular weight excluding hydrogens is 274 g/mol. The van der Waals surface area contributed by atoms with Crippen LogP contribution in [-0.2, 0) is 13.5 Å². The lowest BCUT2D eigenvalue weighted by Crippen LogP contribution is -2.10. The minimum atomic E-state index is -0.131. The quantitative estimate of drug-likeness (QED) is 0.695. The van der Waals surface area contributed by atoms with E-state index in [1.807, 2.05) is 35.9 Å². The summed E-state index contributed by atoms with van der Waals surface area (Å²) in [6.07, 6.45) is 1.75. The van der Waals surface area contributed by atoms with Gasteiger partial charge in [0.05, 0.1) is 22.5 Å². The highest BCUT2D eigenvalue weighted by atomic mass is 35.5. The third-order valence-electron chi connectivity index (χ3n) is 3.22. The number of aryl methyl sites for hydroxylation is 1. The van der Waals surface area contributed by atoms with E-state index in [0.717, 1.165) is 11.0 Å². The van der Waals surface area contributed by atoms with Crippen molar-refractivity contribution in [2.45, 2.75) is 6.42 Å². The van der Waals surface area contributed by atoms with Gasteiger partial charge in [-0.3, -0.25) is 9.78 Å². The zero-order valence-electron chi connectivity index (χ0n) is 10.9. The fourth-order valence-electron chi connectivity index (χ4n) is 2.17. The van der Waals surface area contributed by atoms with E-state index in [4.69, 9.17) is 11.6 Å². The Hall–Kier alpha value is -2.20. The number of pyridine rings is 1. The molecule has 0 fully saturated rings. The fourth-order valence-corrected chi connectivity index (χ4v) is 2.40. The van der Waals surface area contributed by atoms with Crippen molar-refractivity contribution >= 4 is 28.4 Å². The third-order valence-corrected chi connectivity index (χ3v) is 3.53. The number of fused-ring (bicyclic) bond motifs is 1. The molecule has 0 bridgehead atoms. The number of ketones is 1. The first kappa shape index (κ1) is 12.8. The summed E-state index contributed by atoms with van der Waals surface area (Å²) in [5, 5.41) is 0.372. The monoisotopic (exact) mass is 285 g/mol. The molecule has 4 nitrogen and oxygen atoms in total. The highest BCUT2D eigenvalue weighted by Gasteiger charge is 2.16. The first-order valence-electron chi connectivity index (χ1n) is 6.21. The SMILES string of the molecule is Cn1c(CC(=O)c2ncccc2Cl)nc2ccccc21. The molecule has 0 N–H and O–H groups in total. The summed E-state index contributed by atoms with van der Waals surface area (Å²) in [4.78, 5) is 20.8. The van der Waals surface area contributed by atoms with Crippen LogP contribution in [0.1, 0.15) is 16.3 Å². The van der Waals surface area contributed by atoms with Crippen LogP contribution in [0, 0.1) is 0 Å². The Bertz CT molecular complexity index is 795. The van der Waals surface area contributed by atoms with Gasteiger partial charge in [-0.05, 0) is 24.3 Å². The van der Waals surface area contributed by atoms with Gasteiger partial charge in [0.1, 0.15) is 11.5 Å². The Morgan fingerprint density at radius 3 is 2.80 bits per heavy atom. The summed E-state index contributed by atoms with van der Waals surface area (Å²) < 4.78 is 1.92. The predicted octanol–water partition coefficient (Wildman–Crippen LogP) is 3.05. The number of hydrogen-bond donors (Lipinski definition) is 0. The third kappa shape index (κ3) is 2.18. The maximum atomic E-state index is 12.3. The van der Waals surface area contributed by atoms with Gasteiger partial charge >= 0.3 is 0 Å². The maximum Gasteiger partial charge on any atom is 0.190 e. The summed E-state index contributed by atoms with van der Waals surface area (Å²) in [6, 6.07) is 11.1. The Balaban J connectivity index is 1.96. The molecule has 100 valence electrons. The van der Waals surface area contributed by atoms with Crippen LogP contribution in [-0.4, -0.2) is 20.3 Å². The lowest BCUT2D eigenvalue weighted by atomic mass is 10.2. The van der Waals surface area contributed by atoms with Gasteiger partial charge in [0.2, 0.25) is 0 Å². The van der Waals surface area contributed by atoms with Crippen molar-refractivity contribution in [1.82, 2.24) is 14.5 Å². The molecular formula is C15H12ClN3O. The van der Waals surface area contributed by atoms with Crippen molar-refractivity contribution in [2.75, 3.05) is 0 Å². The van der Waals surface area contributed by atoms with Crippen LogP contribution in [0.25, 0.3) is 11.0 Å². The number of carbonyl (C=O) groups is 1. The number of Topliss-reactive ketones (excluding diaryl/α,β-unsaturated/α-hetero) is 1. The molecule has 0 aliphatic carbocycles. The Morgan fingerprint density at radius 1 is 1.25 bits per heavy atom. The van der Waals surface area contributed by atoms with E-state index < -0.39 is 0 Å². The van der Waals surface area contributed by atoms with E-state index in [9.17, 15) is 4.79 Å². The van der Waals surface area contributed by atoms with Gasteiger partial charge in [-0.15, -0.1) is 0 Å². The van der Waals surface area contributed by atoms with Crippen LogP contribution < -0.4 is 0 Å². The molecule has 5 heteroatoms. The van der Waals surface area contributed by atoms with Crippen molar-refractivity contribution in [1.29, 1.82) is 0 Å². The van der Waals surface area contributed by atoms with E-state index in [2.05, 4.69) is 9.97 Å². The average Bonchev–Trinajstić information content (AvgIpc) is 2.76. The Morgan fingerprint density at radius 2 is 2.05 bits per heavy atom. The molecule has 0 amide bonds. The molecule has 0 unspecified atom stereocenters. The van der Waals surface area contributed by atoms with Crippen molar-refractivity contribution < 1.29 is 4.79 Å². The molecule has 0 saturated carbocycles. The molecule has 0 atom stereocenters. The zero-order chi connectivity index (χ0) is 14.1. The van der Waals surface area contributed by atoms with Gasteiger partial charge < -0.3 is 4.57 Å². The number of aromatic nitrogens is 3. The second-order valence-corrected chi connectivity index (χ2v) is 4.92. The number of nitrogens with zero attached hydrogens (tertiary/aromatic N) is 3. The topological polar surface area (TPSA) is 47.8 Å². The molecule has 0 spiro atoms. The van der Waals surface area contributed by atoms with Crippen LogP contribution in [0.3, 0.4) is 0 Å². The molecule has 3 aromatic rings. The maximum absolute atomic E-state index is 12.3. The van der Waals surface area contributed by atoms with E-state index in [1.54, 1.807) is 18.3 Å². The summed E-state index contributed by atoms with van der Waals surface area (Å²) in [5.74, 6) is 0.576. The van der Waals surface area contributed by atoms with E-state index >= 15 is 0 Å². The van der Waals surface area contributed by atoms with E-state index in [-0.39, 0.29) is 12.2 Å². The number of hydrogen-bond acceptors (Lipinski definition) is 3. The summed E-state index contributed by atoms with van der Waals surface area (Å²) in [5.41, 5.74) is 2.17. The number of benzene rings is 1. The molecule has 0 aliphatic rings. The van der Waals surface area contributed by atoms with Crippen LogP contribution in [0.5, 0.6) is 0 Å². The highest BCUT2D eigenvalue weighted by molar-refractivity contribution is 6.33. The predicted molar refractivity (Wildman–Crippen MR) is 78.0 cm³/mol. The van der Waals surface area contributed by atoms with Crippen molar-refractivity contribution in [3.05, 3.63) is 59.1 Å². The molecule has 3 rings (SSSR count). The van der Waals surface area contributed by atoms with Crippen LogP contribution in [0.4, 0.5) is 0 Å². The number of para-hydroxylation sites is 2. The Labute approximate surface area is 121 Å². The van der Waals surface area contributed by atoms with Crippen molar-refractivity contribution in [3.8, 4) is 0 Å². The standard InChI is InChI=1S/C15H12ClN3O/c1-19-12-7-3-2-6-11(12)18-14(19)9-13(20)15-10(16)5-4-8-17-15/h2-8H,9H2,1H3. The average molecular weight is 286 g/mol. The number of rotatable bonds is 3. The molecule has 0 aliphatic heterocycles. The Kier molecular flexibility index (Phi) is 3.24. The first-order valence-corrected chi connectivity index (χ1v) is 6.58. The number of halogens is 1. The zero-order valence-corrected chi connectivity index (χ0v) is 11.6. The van der Waals surface area contributed by atoms with Gasteiger partial charge in [0, 0.05) is 13.2 Å². The number of imidazole rings is 1. The molecule has 2 aromatic heterocycles. The van der Waals surface area contributed by atoms with E-state index in [0.29, 0.717) is 16.5 Å². The highest BCUT2D eigenvalue weighted by Crippen LogP contribution is 2.18. The van der Waals surface area contributed by atoms with E-state index in [1.165, 1.54) is 0 Å². The first-order chi connectivity index (χ1) is 9.66. The van der Waals surface area contributed by atoms with Crippen LogP contribution in [0.15, 0.2) is 42.6 Å². The minimum absolute atomic E-state index is 0.131. The lowest BCUT2D eigenvalue weighted by Gasteiger charge is -2.03. The molecule has 2 heterocycles. The van der Waals surface area contributed by atoms with Gasteiger partial charge in [0.15, 0.2) is 5.78 Å². The van der Waals surface area contributed by atoms with Crippen molar-refractivity contribution in [3.63, 3.8) is 0 Å². The van der Waals surface area contributed by atoms with Gasteiger partial charge in [-0.25, -0.2) is 4.98 Å². The van der Waals surface area contributed by atoms with Crippen molar-refractivity contribution in [2.24, 2.45) is 7.05 Å². The minimum Gasteiger partial charge on any atom is -0.331 e. The molecule has 0 saturated heterocycles.